The number of carboxylic acid groups (broad SMARTS) is 1. The summed E-state index contributed by atoms with van der Waals surface area (Å²) in [6, 6.07) is 13.3. The summed E-state index contributed by atoms with van der Waals surface area (Å²) in [5.74, 6) is -3.19. The Morgan fingerprint density at radius 2 is 1.75 bits per heavy atom. The quantitative estimate of drug-likeness (QED) is 0.0990. The number of aromatic nitrogens is 1. The van der Waals surface area contributed by atoms with Crippen LogP contribution in [-0.4, -0.2) is 92.8 Å². The molecular formula is C42H53F2N5O6S. The van der Waals surface area contributed by atoms with Crippen LogP contribution in [0, 0.1) is 23.0 Å². The summed E-state index contributed by atoms with van der Waals surface area (Å²) in [5, 5.41) is 15.9. The van der Waals surface area contributed by atoms with Crippen molar-refractivity contribution in [2.75, 3.05) is 37.7 Å². The molecule has 5 rings (SSSR count). The molecule has 2 aromatic carbocycles. The fraction of sp³-hybridized carbons (Fsp3) is 0.500. The second kappa shape index (κ2) is 19.5. The fourth-order valence-electron chi connectivity index (χ4n) is 7.50. The zero-order chi connectivity index (χ0) is 40.4. The highest BCUT2D eigenvalue weighted by molar-refractivity contribution is 8.00. The minimum Gasteiger partial charge on any atom is -0.480 e. The molecule has 0 spiro atoms. The molecule has 0 radical (unpaired) electrons. The van der Waals surface area contributed by atoms with Crippen LogP contribution in [0.3, 0.4) is 0 Å². The van der Waals surface area contributed by atoms with E-state index in [2.05, 4.69) is 10.6 Å². The Balaban J connectivity index is 1.31. The van der Waals surface area contributed by atoms with E-state index >= 15 is 4.39 Å². The van der Waals surface area contributed by atoms with Crippen molar-refractivity contribution in [2.24, 2.45) is 11.3 Å². The molecule has 3 heterocycles. The number of likely N-dealkylation sites (tertiary alicyclic amines) is 1. The lowest BCUT2D eigenvalue weighted by atomic mass is 9.82. The van der Waals surface area contributed by atoms with Gasteiger partial charge in [-0.3, -0.25) is 24.1 Å². The summed E-state index contributed by atoms with van der Waals surface area (Å²) >= 11 is 1.14. The van der Waals surface area contributed by atoms with E-state index in [4.69, 9.17) is 0 Å². The monoisotopic (exact) mass is 793 g/mol. The largest absolute Gasteiger partial charge is 0.480 e. The summed E-state index contributed by atoms with van der Waals surface area (Å²) in [4.78, 5) is 66.1. The Labute approximate surface area is 331 Å². The number of amides is 4. The number of nitrogens with zero attached hydrogens (tertiary/aromatic N) is 3. The van der Waals surface area contributed by atoms with Gasteiger partial charge in [0, 0.05) is 67.7 Å². The van der Waals surface area contributed by atoms with E-state index in [1.807, 2.05) is 72.8 Å². The first-order valence-electron chi connectivity index (χ1n) is 19.3. The molecule has 0 bridgehead atoms. The number of hydrogen-bond donors (Lipinski definition) is 3. The van der Waals surface area contributed by atoms with Gasteiger partial charge in [0.2, 0.25) is 23.6 Å². The maximum atomic E-state index is 15.2. The number of nitrogens with one attached hydrogen (secondary N) is 2. The molecule has 0 saturated carbocycles. The molecule has 1 unspecified atom stereocenters. The molecule has 14 heteroatoms. The molecule has 11 nitrogen and oxygen atoms in total. The lowest BCUT2D eigenvalue weighted by molar-refractivity contribution is -0.141. The second-order valence-corrected chi connectivity index (χ2v) is 16.8. The Morgan fingerprint density at radius 1 is 1.02 bits per heavy atom. The highest BCUT2D eigenvalue weighted by atomic mass is 32.2. The first-order chi connectivity index (χ1) is 26.7. The van der Waals surface area contributed by atoms with Crippen LogP contribution in [0.2, 0.25) is 0 Å². The van der Waals surface area contributed by atoms with E-state index in [0.717, 1.165) is 54.7 Å². The van der Waals surface area contributed by atoms with E-state index in [1.165, 1.54) is 11.0 Å². The van der Waals surface area contributed by atoms with Gasteiger partial charge >= 0.3 is 5.97 Å². The molecule has 2 fully saturated rings. The number of carbonyl (C=O) groups excluding carboxylic acids is 4. The van der Waals surface area contributed by atoms with Gasteiger partial charge < -0.3 is 25.2 Å². The van der Waals surface area contributed by atoms with Crippen molar-refractivity contribution < 1.29 is 37.9 Å². The van der Waals surface area contributed by atoms with Crippen LogP contribution in [0.4, 0.5) is 8.78 Å². The van der Waals surface area contributed by atoms with Gasteiger partial charge in [0.15, 0.2) is 0 Å². The maximum absolute atomic E-state index is 15.2. The number of unbranched alkanes of at least 4 members (excludes halogenated alkanes) is 2. The molecule has 4 amide bonds. The molecule has 3 aromatic rings. The number of hydrogen-bond acceptors (Lipinski definition) is 7. The number of carboxylic acids is 1. The minimum atomic E-state index is -1.21. The molecule has 3 atom stereocenters. The van der Waals surface area contributed by atoms with Crippen molar-refractivity contribution in [3.8, 4) is 11.1 Å². The van der Waals surface area contributed by atoms with Gasteiger partial charge in [-0.1, -0.05) is 57.5 Å². The number of carbonyl (C=O) groups is 5. The van der Waals surface area contributed by atoms with Crippen molar-refractivity contribution >= 4 is 41.4 Å². The van der Waals surface area contributed by atoms with Crippen molar-refractivity contribution in [3.63, 3.8) is 0 Å². The van der Waals surface area contributed by atoms with Gasteiger partial charge in [-0.2, -0.15) is 0 Å². The predicted molar refractivity (Wildman–Crippen MR) is 212 cm³/mol. The van der Waals surface area contributed by atoms with Crippen LogP contribution in [0.5, 0.6) is 0 Å². The Kier molecular flexibility index (Phi) is 14.9. The SMILES string of the molecule is CC(C)(C)[C@H](c1cc(-c2cc(F)ccc2F)cn1Cc1ccccc1)N(CC1CCNC1)C(=O)CSC[C@H](NC(=O)CCCCCN1C(=O)CCC1=O)C(=O)O. The van der Waals surface area contributed by atoms with Gasteiger partial charge in [0.25, 0.3) is 0 Å². The lowest BCUT2D eigenvalue weighted by Gasteiger charge is -2.42. The van der Waals surface area contributed by atoms with Gasteiger partial charge in [0.05, 0.1) is 11.8 Å². The number of benzene rings is 2. The van der Waals surface area contributed by atoms with Crippen LogP contribution in [0.25, 0.3) is 11.1 Å². The molecule has 3 N–H and O–H groups in total. The van der Waals surface area contributed by atoms with Crippen LogP contribution < -0.4 is 10.6 Å². The van der Waals surface area contributed by atoms with Crippen LogP contribution in [0.1, 0.15) is 83.0 Å². The summed E-state index contributed by atoms with van der Waals surface area (Å²) in [5.41, 5.74) is 1.85. The first-order valence-corrected chi connectivity index (χ1v) is 20.5. The minimum absolute atomic E-state index is 0.0294. The highest BCUT2D eigenvalue weighted by Gasteiger charge is 2.39. The molecule has 2 aliphatic heterocycles. The molecule has 2 saturated heterocycles. The average Bonchev–Trinajstić information content (AvgIpc) is 3.89. The topological polar surface area (TPSA) is 141 Å². The summed E-state index contributed by atoms with van der Waals surface area (Å²) < 4.78 is 31.6. The van der Waals surface area contributed by atoms with E-state index in [1.54, 1.807) is 0 Å². The Bertz CT molecular complexity index is 1840. The van der Waals surface area contributed by atoms with Gasteiger partial charge in [-0.25, -0.2) is 13.6 Å². The van der Waals surface area contributed by atoms with Crippen molar-refractivity contribution in [2.45, 2.75) is 84.3 Å². The van der Waals surface area contributed by atoms with Crippen LogP contribution in [0.15, 0.2) is 60.8 Å². The normalized spacial score (nSPS) is 16.9. The van der Waals surface area contributed by atoms with E-state index in [0.29, 0.717) is 44.5 Å². The summed E-state index contributed by atoms with van der Waals surface area (Å²) in [6.45, 7) is 8.88. The molecule has 1 aromatic heterocycles. The van der Waals surface area contributed by atoms with Crippen molar-refractivity contribution in [1.29, 1.82) is 0 Å². The zero-order valence-corrected chi connectivity index (χ0v) is 33.2. The molecule has 302 valence electrons. The number of imide groups is 1. The standard InChI is InChI=1S/C42H53F2N5O6S/c1-42(2,3)40(35-20-30(32-21-31(43)13-14-33(32)44)25-47(35)23-28-10-6-4-7-11-28)49(24-29-17-18-45-22-29)39(53)27-56-26-34(41(54)55)46-36(50)12-8-5-9-19-48-37(51)15-16-38(48)52/h4,6-7,10-11,13-14,20-21,25,29,34,40,45H,5,8-9,12,15-19,22-24,26-27H2,1-3H3,(H,46,50)(H,54,55)/t29?,34-,40-/m0/s1. The average molecular weight is 794 g/mol. The molecule has 56 heavy (non-hydrogen) atoms. The van der Waals surface area contributed by atoms with E-state index < -0.39 is 41.0 Å². The lowest BCUT2D eigenvalue weighted by Crippen LogP contribution is -2.46. The van der Waals surface area contributed by atoms with Crippen LogP contribution in [-0.2, 0) is 30.5 Å². The smallest absolute Gasteiger partial charge is 0.327 e. The van der Waals surface area contributed by atoms with Crippen molar-refractivity contribution in [3.05, 3.63) is 83.7 Å². The fourth-order valence-corrected chi connectivity index (χ4v) is 8.42. The second-order valence-electron chi connectivity index (χ2n) is 15.8. The number of halogens is 2. The number of thioether (sulfide) groups is 1. The third-order valence-electron chi connectivity index (χ3n) is 10.3. The Morgan fingerprint density at radius 3 is 2.41 bits per heavy atom. The predicted octanol–water partition coefficient (Wildman–Crippen LogP) is 6.02. The summed E-state index contributed by atoms with van der Waals surface area (Å²) in [7, 11) is 0. The third kappa shape index (κ3) is 11.5. The van der Waals surface area contributed by atoms with E-state index in [9.17, 15) is 33.5 Å². The van der Waals surface area contributed by atoms with Gasteiger partial charge in [0.1, 0.15) is 17.7 Å². The first kappa shape index (κ1) is 42.6. The molecule has 0 aliphatic carbocycles. The Hall–Kier alpha value is -4.56. The van der Waals surface area contributed by atoms with Crippen molar-refractivity contribution in [1.82, 2.24) is 25.0 Å². The zero-order valence-electron chi connectivity index (χ0n) is 32.4. The molecule has 2 aliphatic rings. The number of aliphatic carboxylic acids is 1. The third-order valence-corrected chi connectivity index (χ3v) is 11.3. The maximum Gasteiger partial charge on any atom is 0.327 e. The van der Waals surface area contributed by atoms with E-state index in [-0.39, 0.29) is 60.0 Å². The van der Waals surface area contributed by atoms with Crippen LogP contribution >= 0.6 is 11.8 Å². The number of rotatable bonds is 19. The van der Waals surface area contributed by atoms with Gasteiger partial charge in [-0.05, 0) is 73.5 Å². The molecular weight excluding hydrogens is 741 g/mol. The highest BCUT2D eigenvalue weighted by Crippen LogP contribution is 2.42. The summed E-state index contributed by atoms with van der Waals surface area (Å²) in [6.07, 6.45) is 4.88. The van der Waals surface area contributed by atoms with Gasteiger partial charge in [-0.15, -0.1) is 11.8 Å².